The van der Waals surface area contributed by atoms with Crippen LogP contribution in [-0.4, -0.2) is 28.0 Å². The van der Waals surface area contributed by atoms with E-state index in [2.05, 4.69) is 20.6 Å². The average molecular weight is 210 g/mol. The first-order valence-corrected chi connectivity index (χ1v) is 5.08. The van der Waals surface area contributed by atoms with Crippen molar-refractivity contribution in [1.82, 2.24) is 20.6 Å². The molecule has 1 aromatic rings. The van der Waals surface area contributed by atoms with Crippen LogP contribution in [0.2, 0.25) is 0 Å². The van der Waals surface area contributed by atoms with Gasteiger partial charge in [0.2, 0.25) is 5.91 Å². The molecule has 0 atom stereocenters. The zero-order valence-corrected chi connectivity index (χ0v) is 9.42. The van der Waals surface area contributed by atoms with Crippen molar-refractivity contribution in [3.8, 4) is 0 Å². The van der Waals surface area contributed by atoms with Gasteiger partial charge in [-0.25, -0.2) is 4.98 Å². The quantitative estimate of drug-likeness (QED) is 0.659. The lowest BCUT2D eigenvalue weighted by Crippen LogP contribution is -2.52. The van der Waals surface area contributed by atoms with Crippen LogP contribution in [0.3, 0.4) is 0 Å². The lowest BCUT2D eigenvalue weighted by molar-refractivity contribution is -0.126. The van der Waals surface area contributed by atoms with E-state index in [0.29, 0.717) is 6.54 Å². The number of amides is 1. The number of aromatic amines is 1. The standard InChI is InChI=1S/C10H18N4O/c1-4-14-10(2,3)9(15)13-7-8-11-5-6-12-8/h5-6,14H,4,7H2,1-3H3,(H,11,12)(H,13,15). The molecule has 84 valence electrons. The number of H-pyrrole nitrogens is 1. The van der Waals surface area contributed by atoms with Crippen LogP contribution < -0.4 is 10.6 Å². The smallest absolute Gasteiger partial charge is 0.240 e. The SMILES string of the molecule is CCNC(C)(C)C(=O)NCc1ncc[nH]1. The van der Waals surface area contributed by atoms with Crippen LogP contribution in [0, 0.1) is 0 Å². The third-order valence-corrected chi connectivity index (χ3v) is 2.16. The number of likely N-dealkylation sites (N-methyl/N-ethyl adjacent to an activating group) is 1. The molecule has 0 unspecified atom stereocenters. The monoisotopic (exact) mass is 210 g/mol. The number of hydrogen-bond donors (Lipinski definition) is 3. The number of imidazole rings is 1. The van der Waals surface area contributed by atoms with Gasteiger partial charge in [0.25, 0.3) is 0 Å². The number of nitrogens with zero attached hydrogens (tertiary/aromatic N) is 1. The van der Waals surface area contributed by atoms with Crippen LogP contribution in [-0.2, 0) is 11.3 Å². The normalized spacial score (nSPS) is 11.4. The lowest BCUT2D eigenvalue weighted by Gasteiger charge is -2.24. The Morgan fingerprint density at radius 1 is 1.60 bits per heavy atom. The first-order chi connectivity index (χ1) is 7.06. The van der Waals surface area contributed by atoms with Gasteiger partial charge in [-0.15, -0.1) is 0 Å². The van der Waals surface area contributed by atoms with E-state index in [1.807, 2.05) is 20.8 Å². The highest BCUT2D eigenvalue weighted by Crippen LogP contribution is 2.01. The molecule has 5 nitrogen and oxygen atoms in total. The summed E-state index contributed by atoms with van der Waals surface area (Å²) in [7, 11) is 0. The molecule has 5 heteroatoms. The molecule has 0 aliphatic rings. The van der Waals surface area contributed by atoms with Crippen LogP contribution >= 0.6 is 0 Å². The van der Waals surface area contributed by atoms with Crippen molar-refractivity contribution in [3.63, 3.8) is 0 Å². The minimum atomic E-state index is -0.540. The van der Waals surface area contributed by atoms with Crippen LogP contribution in [0.5, 0.6) is 0 Å². The molecule has 3 N–H and O–H groups in total. The zero-order valence-electron chi connectivity index (χ0n) is 9.42. The molecule has 0 bridgehead atoms. The van der Waals surface area contributed by atoms with Gasteiger partial charge in [-0.1, -0.05) is 6.92 Å². The van der Waals surface area contributed by atoms with E-state index in [1.54, 1.807) is 12.4 Å². The molecule has 15 heavy (non-hydrogen) atoms. The first kappa shape index (κ1) is 11.7. The second kappa shape index (κ2) is 4.93. The molecule has 0 radical (unpaired) electrons. The maximum atomic E-state index is 11.7. The van der Waals surface area contributed by atoms with Crippen LogP contribution in [0.4, 0.5) is 0 Å². The highest BCUT2D eigenvalue weighted by molar-refractivity contribution is 5.85. The Bertz CT molecular complexity index is 305. The van der Waals surface area contributed by atoms with Crippen molar-refractivity contribution in [2.75, 3.05) is 6.54 Å². The average Bonchev–Trinajstić information content (AvgIpc) is 2.66. The van der Waals surface area contributed by atoms with Crippen LogP contribution in [0.25, 0.3) is 0 Å². The van der Waals surface area contributed by atoms with Crippen molar-refractivity contribution in [1.29, 1.82) is 0 Å². The first-order valence-electron chi connectivity index (χ1n) is 5.08. The molecular weight excluding hydrogens is 192 g/mol. The van der Waals surface area contributed by atoms with Gasteiger partial charge in [-0.2, -0.15) is 0 Å². The summed E-state index contributed by atoms with van der Waals surface area (Å²) < 4.78 is 0. The van der Waals surface area contributed by atoms with E-state index in [4.69, 9.17) is 0 Å². The zero-order chi connectivity index (χ0) is 11.3. The van der Waals surface area contributed by atoms with Crippen molar-refractivity contribution in [3.05, 3.63) is 18.2 Å². The van der Waals surface area contributed by atoms with Gasteiger partial charge in [0.1, 0.15) is 5.82 Å². The van der Waals surface area contributed by atoms with Gasteiger partial charge in [0.15, 0.2) is 0 Å². The molecule has 0 saturated carbocycles. The Balaban J connectivity index is 2.42. The van der Waals surface area contributed by atoms with Crippen molar-refractivity contribution >= 4 is 5.91 Å². The van der Waals surface area contributed by atoms with E-state index in [-0.39, 0.29) is 5.91 Å². The topological polar surface area (TPSA) is 69.8 Å². The number of aromatic nitrogens is 2. The Hall–Kier alpha value is -1.36. The van der Waals surface area contributed by atoms with Gasteiger partial charge in [-0.05, 0) is 20.4 Å². The fourth-order valence-electron chi connectivity index (χ4n) is 1.30. The van der Waals surface area contributed by atoms with E-state index in [1.165, 1.54) is 0 Å². The minimum absolute atomic E-state index is 0.0271. The molecule has 0 saturated heterocycles. The molecule has 0 aliphatic heterocycles. The summed E-state index contributed by atoms with van der Waals surface area (Å²) >= 11 is 0. The predicted molar refractivity (Wildman–Crippen MR) is 58.2 cm³/mol. The molecule has 1 amide bonds. The number of hydrogen-bond acceptors (Lipinski definition) is 3. The number of carbonyl (C=O) groups is 1. The number of carbonyl (C=O) groups excluding carboxylic acids is 1. The van der Waals surface area contributed by atoms with Crippen LogP contribution in [0.1, 0.15) is 26.6 Å². The Labute approximate surface area is 89.7 Å². The highest BCUT2D eigenvalue weighted by Gasteiger charge is 2.25. The van der Waals surface area contributed by atoms with Crippen LogP contribution in [0.15, 0.2) is 12.4 Å². The third kappa shape index (κ3) is 3.36. The maximum Gasteiger partial charge on any atom is 0.240 e. The fraction of sp³-hybridized carbons (Fsp3) is 0.600. The molecule has 0 aliphatic carbocycles. The lowest BCUT2D eigenvalue weighted by atomic mass is 10.0. The molecule has 0 aromatic carbocycles. The number of nitrogens with one attached hydrogen (secondary N) is 3. The van der Waals surface area contributed by atoms with Gasteiger partial charge >= 0.3 is 0 Å². The fourth-order valence-corrected chi connectivity index (χ4v) is 1.30. The van der Waals surface area contributed by atoms with Gasteiger partial charge in [-0.3, -0.25) is 4.79 Å². The maximum absolute atomic E-state index is 11.7. The summed E-state index contributed by atoms with van der Waals surface area (Å²) in [6, 6.07) is 0. The minimum Gasteiger partial charge on any atom is -0.347 e. The van der Waals surface area contributed by atoms with Gasteiger partial charge < -0.3 is 15.6 Å². The van der Waals surface area contributed by atoms with Crippen molar-refractivity contribution in [2.24, 2.45) is 0 Å². The third-order valence-electron chi connectivity index (χ3n) is 2.16. The van der Waals surface area contributed by atoms with E-state index in [9.17, 15) is 4.79 Å². The summed E-state index contributed by atoms with van der Waals surface area (Å²) in [5.41, 5.74) is -0.540. The van der Waals surface area contributed by atoms with Gasteiger partial charge in [0.05, 0.1) is 12.1 Å². The van der Waals surface area contributed by atoms with E-state index < -0.39 is 5.54 Å². The summed E-state index contributed by atoms with van der Waals surface area (Å²) in [6.45, 7) is 6.88. The van der Waals surface area contributed by atoms with E-state index >= 15 is 0 Å². The summed E-state index contributed by atoms with van der Waals surface area (Å²) in [6.07, 6.45) is 3.40. The molecular formula is C10H18N4O. The van der Waals surface area contributed by atoms with Crippen molar-refractivity contribution in [2.45, 2.75) is 32.9 Å². The highest BCUT2D eigenvalue weighted by atomic mass is 16.2. The largest absolute Gasteiger partial charge is 0.347 e. The number of rotatable bonds is 5. The molecule has 0 spiro atoms. The summed E-state index contributed by atoms with van der Waals surface area (Å²) in [4.78, 5) is 18.7. The second-order valence-corrected chi connectivity index (χ2v) is 3.87. The Kier molecular flexibility index (Phi) is 3.85. The Morgan fingerprint density at radius 3 is 2.87 bits per heavy atom. The van der Waals surface area contributed by atoms with E-state index in [0.717, 1.165) is 12.4 Å². The Morgan fingerprint density at radius 2 is 2.33 bits per heavy atom. The van der Waals surface area contributed by atoms with Crippen molar-refractivity contribution < 1.29 is 4.79 Å². The predicted octanol–water partition coefficient (Wildman–Crippen LogP) is 0.414. The van der Waals surface area contributed by atoms with Gasteiger partial charge in [0, 0.05) is 12.4 Å². The second-order valence-electron chi connectivity index (χ2n) is 3.87. The summed E-state index contributed by atoms with van der Waals surface area (Å²) in [5, 5.41) is 5.92. The molecule has 1 aromatic heterocycles. The molecule has 1 heterocycles. The summed E-state index contributed by atoms with van der Waals surface area (Å²) in [5.74, 6) is 0.733. The molecule has 0 fully saturated rings. The molecule has 1 rings (SSSR count).